The Morgan fingerprint density at radius 3 is 2.20 bits per heavy atom. The Hall–Kier alpha value is -2.41. The maximum absolute atomic E-state index is 12.8. The minimum absolute atomic E-state index is 0.0691. The number of carbonyl (C=O) groups is 3. The first-order valence-electron chi connectivity index (χ1n) is 13.1. The zero-order valence-electron chi connectivity index (χ0n) is 22.1. The average molecular weight is 491 g/mol. The Balaban J connectivity index is 0.00000142. The average Bonchev–Trinajstić information content (AvgIpc) is 2.86. The molecule has 7 heteroatoms. The maximum Gasteiger partial charge on any atom is 0.292 e. The van der Waals surface area contributed by atoms with Gasteiger partial charge in [-0.15, -0.1) is 0 Å². The molecule has 1 aliphatic heterocycles. The van der Waals surface area contributed by atoms with Crippen molar-refractivity contribution in [3.05, 3.63) is 35.9 Å². The Morgan fingerprint density at radius 1 is 1.03 bits per heavy atom. The second-order valence-corrected chi connectivity index (χ2v) is 9.68. The number of methoxy groups -OCH3 is 1. The molecule has 1 aromatic rings. The predicted molar refractivity (Wildman–Crippen MR) is 139 cm³/mol. The SMILES string of the molecule is CCCC(=O)NC(CCC(CCC(C)C)NC(=O)C1CCOCC1)Cc1ccccc1.COC=O. The number of benzene rings is 1. The lowest BCUT2D eigenvalue weighted by atomic mass is 9.93. The molecule has 1 heterocycles. The number of hydrogen-bond acceptors (Lipinski definition) is 5. The van der Waals surface area contributed by atoms with Crippen molar-refractivity contribution in [2.24, 2.45) is 11.8 Å². The van der Waals surface area contributed by atoms with Crippen LogP contribution in [0.1, 0.15) is 77.7 Å². The molecule has 1 fully saturated rings. The normalized spacial score (nSPS) is 15.3. The van der Waals surface area contributed by atoms with E-state index in [0.717, 1.165) is 51.4 Å². The fourth-order valence-corrected chi connectivity index (χ4v) is 4.16. The minimum atomic E-state index is 0.0691. The Bertz CT molecular complexity index is 705. The quantitative estimate of drug-likeness (QED) is 0.376. The molecule has 0 aliphatic carbocycles. The highest BCUT2D eigenvalue weighted by atomic mass is 16.5. The summed E-state index contributed by atoms with van der Waals surface area (Å²) < 4.78 is 9.27. The van der Waals surface area contributed by atoms with Gasteiger partial charge in [0.05, 0.1) is 7.11 Å². The third-order valence-corrected chi connectivity index (χ3v) is 6.16. The van der Waals surface area contributed by atoms with Crippen LogP contribution in [0.3, 0.4) is 0 Å². The van der Waals surface area contributed by atoms with Crippen LogP contribution >= 0.6 is 0 Å². The van der Waals surface area contributed by atoms with Crippen LogP contribution in [-0.2, 0) is 30.3 Å². The van der Waals surface area contributed by atoms with Gasteiger partial charge in [-0.1, -0.05) is 51.1 Å². The molecule has 2 rings (SSSR count). The molecule has 2 N–H and O–H groups in total. The highest BCUT2D eigenvalue weighted by molar-refractivity contribution is 5.79. The third kappa shape index (κ3) is 14.6. The highest BCUT2D eigenvalue weighted by Gasteiger charge is 2.24. The monoisotopic (exact) mass is 490 g/mol. The Kier molecular flexibility index (Phi) is 16.5. The predicted octanol–water partition coefficient (Wildman–Crippen LogP) is 4.43. The van der Waals surface area contributed by atoms with Gasteiger partial charge in [0.25, 0.3) is 6.47 Å². The largest absolute Gasteiger partial charge is 0.471 e. The second-order valence-electron chi connectivity index (χ2n) is 9.68. The van der Waals surface area contributed by atoms with Crippen LogP contribution in [0.15, 0.2) is 30.3 Å². The molecular weight excluding hydrogens is 444 g/mol. The van der Waals surface area contributed by atoms with Crippen molar-refractivity contribution in [1.29, 1.82) is 0 Å². The molecule has 1 aliphatic rings. The topological polar surface area (TPSA) is 93.7 Å². The van der Waals surface area contributed by atoms with Gasteiger partial charge in [0.2, 0.25) is 11.8 Å². The van der Waals surface area contributed by atoms with E-state index in [9.17, 15) is 9.59 Å². The zero-order valence-corrected chi connectivity index (χ0v) is 22.1. The fraction of sp³-hybridized carbons (Fsp3) is 0.679. The molecule has 0 spiro atoms. The van der Waals surface area contributed by atoms with E-state index in [4.69, 9.17) is 9.53 Å². The summed E-state index contributed by atoms with van der Waals surface area (Å²) >= 11 is 0. The molecule has 0 bridgehead atoms. The van der Waals surface area contributed by atoms with Crippen molar-refractivity contribution in [1.82, 2.24) is 10.6 Å². The van der Waals surface area contributed by atoms with E-state index in [2.05, 4.69) is 41.4 Å². The van der Waals surface area contributed by atoms with Gasteiger partial charge in [-0.2, -0.15) is 0 Å². The van der Waals surface area contributed by atoms with Crippen LogP contribution in [0.4, 0.5) is 0 Å². The number of hydrogen-bond donors (Lipinski definition) is 2. The lowest BCUT2D eigenvalue weighted by Crippen LogP contribution is -2.42. The summed E-state index contributed by atoms with van der Waals surface area (Å²) in [4.78, 5) is 34.1. The molecule has 7 nitrogen and oxygen atoms in total. The Morgan fingerprint density at radius 2 is 1.63 bits per heavy atom. The van der Waals surface area contributed by atoms with E-state index >= 15 is 0 Å². The summed E-state index contributed by atoms with van der Waals surface area (Å²) in [6, 6.07) is 10.6. The lowest BCUT2D eigenvalue weighted by molar-refractivity contribution is -0.129. The molecule has 1 saturated heterocycles. The van der Waals surface area contributed by atoms with Gasteiger partial charge in [-0.3, -0.25) is 14.4 Å². The molecule has 2 unspecified atom stereocenters. The van der Waals surface area contributed by atoms with Gasteiger partial charge in [-0.05, 0) is 62.8 Å². The van der Waals surface area contributed by atoms with E-state index in [1.807, 2.05) is 25.1 Å². The molecule has 2 atom stereocenters. The van der Waals surface area contributed by atoms with Gasteiger partial charge in [0.15, 0.2) is 0 Å². The Labute approximate surface area is 211 Å². The molecule has 198 valence electrons. The molecule has 2 amide bonds. The number of nitrogens with one attached hydrogen (secondary N) is 2. The van der Waals surface area contributed by atoms with Gasteiger partial charge in [-0.25, -0.2) is 0 Å². The van der Waals surface area contributed by atoms with Crippen molar-refractivity contribution in [2.75, 3.05) is 20.3 Å². The van der Waals surface area contributed by atoms with E-state index in [1.165, 1.54) is 12.7 Å². The van der Waals surface area contributed by atoms with Gasteiger partial charge in [0, 0.05) is 37.6 Å². The van der Waals surface area contributed by atoms with Crippen molar-refractivity contribution < 1.29 is 23.9 Å². The molecular formula is C28H46N2O5. The first-order chi connectivity index (χ1) is 16.9. The van der Waals surface area contributed by atoms with E-state index in [0.29, 0.717) is 32.0 Å². The molecule has 35 heavy (non-hydrogen) atoms. The van der Waals surface area contributed by atoms with Gasteiger partial charge >= 0.3 is 0 Å². The number of ether oxygens (including phenoxy) is 2. The van der Waals surface area contributed by atoms with Crippen molar-refractivity contribution >= 4 is 18.3 Å². The van der Waals surface area contributed by atoms with E-state index in [1.54, 1.807) is 0 Å². The van der Waals surface area contributed by atoms with E-state index in [-0.39, 0.29) is 29.8 Å². The van der Waals surface area contributed by atoms with Gasteiger partial charge < -0.3 is 20.1 Å². The summed E-state index contributed by atoms with van der Waals surface area (Å²) in [5.41, 5.74) is 1.23. The molecule has 0 radical (unpaired) electrons. The summed E-state index contributed by atoms with van der Waals surface area (Å²) in [5, 5.41) is 6.57. The van der Waals surface area contributed by atoms with Crippen LogP contribution in [0.2, 0.25) is 0 Å². The van der Waals surface area contributed by atoms with Crippen molar-refractivity contribution in [3.63, 3.8) is 0 Å². The smallest absolute Gasteiger partial charge is 0.292 e. The summed E-state index contributed by atoms with van der Waals surface area (Å²) in [6.45, 7) is 8.20. The molecule has 0 aromatic heterocycles. The highest BCUT2D eigenvalue weighted by Crippen LogP contribution is 2.18. The molecule has 1 aromatic carbocycles. The van der Waals surface area contributed by atoms with Crippen molar-refractivity contribution in [3.8, 4) is 0 Å². The number of rotatable bonds is 14. The van der Waals surface area contributed by atoms with Crippen LogP contribution in [0.25, 0.3) is 0 Å². The van der Waals surface area contributed by atoms with Crippen molar-refractivity contribution in [2.45, 2.75) is 90.6 Å². The maximum atomic E-state index is 12.8. The standard InChI is InChI=1S/C26H42N2O3.C2H4O2/c1-4-8-25(29)27-24(19-21-9-6-5-7-10-21)14-13-23(12-11-20(2)3)28-26(30)22-15-17-31-18-16-22;1-4-2-3/h5-7,9-10,20,22-24H,4,8,11-19H2,1-3H3,(H,27,29)(H,28,30);2H,1H3. The molecule has 0 saturated carbocycles. The van der Waals surface area contributed by atoms with Gasteiger partial charge in [0.1, 0.15) is 0 Å². The summed E-state index contributed by atoms with van der Waals surface area (Å²) in [5.74, 6) is 0.964. The van der Waals surface area contributed by atoms with Crippen LogP contribution < -0.4 is 10.6 Å². The fourth-order valence-electron chi connectivity index (χ4n) is 4.16. The van der Waals surface area contributed by atoms with Crippen LogP contribution in [0.5, 0.6) is 0 Å². The van der Waals surface area contributed by atoms with E-state index < -0.39 is 0 Å². The second kappa shape index (κ2) is 18.9. The van der Waals surface area contributed by atoms with Crippen LogP contribution in [0, 0.1) is 11.8 Å². The summed E-state index contributed by atoms with van der Waals surface area (Å²) in [7, 11) is 1.31. The first-order valence-corrected chi connectivity index (χ1v) is 13.1. The zero-order chi connectivity index (χ0) is 25.9. The number of amides is 2. The number of carbonyl (C=O) groups excluding carboxylic acids is 3. The minimum Gasteiger partial charge on any atom is -0.471 e. The first kappa shape index (κ1) is 30.6. The lowest BCUT2D eigenvalue weighted by Gasteiger charge is -2.27. The summed E-state index contributed by atoms with van der Waals surface area (Å²) in [6.07, 6.45) is 7.66. The third-order valence-electron chi connectivity index (χ3n) is 6.16. The van der Waals surface area contributed by atoms with Crippen LogP contribution in [-0.4, -0.2) is 50.7 Å².